The van der Waals surface area contributed by atoms with E-state index < -0.39 is 12.1 Å². The van der Waals surface area contributed by atoms with Crippen LogP contribution in [0.3, 0.4) is 0 Å². The van der Waals surface area contributed by atoms with E-state index in [1.165, 1.54) is 0 Å². The molecular formula is C21H26N2O3. The molecular weight excluding hydrogens is 328 g/mol. The quantitative estimate of drug-likeness (QED) is 0.764. The fourth-order valence-electron chi connectivity index (χ4n) is 2.51. The SMILES string of the molecule is CC(C)C(NC(=O)OCc1ccccc1)C(=O)NCCc1ccccc1. The van der Waals surface area contributed by atoms with E-state index in [9.17, 15) is 9.59 Å². The number of carbonyl (C=O) groups is 2. The van der Waals surface area contributed by atoms with Gasteiger partial charge in [0, 0.05) is 6.54 Å². The molecule has 0 aliphatic heterocycles. The predicted molar refractivity (Wildman–Crippen MR) is 102 cm³/mol. The molecule has 0 aliphatic carbocycles. The highest BCUT2D eigenvalue weighted by Gasteiger charge is 2.24. The van der Waals surface area contributed by atoms with Gasteiger partial charge in [-0.25, -0.2) is 4.79 Å². The first-order valence-corrected chi connectivity index (χ1v) is 8.85. The van der Waals surface area contributed by atoms with Crippen molar-refractivity contribution in [2.75, 3.05) is 6.54 Å². The largest absolute Gasteiger partial charge is 0.445 e. The molecule has 2 N–H and O–H groups in total. The highest BCUT2D eigenvalue weighted by molar-refractivity contribution is 5.85. The van der Waals surface area contributed by atoms with Crippen molar-refractivity contribution in [3.63, 3.8) is 0 Å². The van der Waals surface area contributed by atoms with Crippen LogP contribution in [0.15, 0.2) is 60.7 Å². The molecule has 138 valence electrons. The number of hydrogen-bond acceptors (Lipinski definition) is 3. The lowest BCUT2D eigenvalue weighted by atomic mass is 10.0. The standard InChI is InChI=1S/C21H26N2O3/c1-16(2)19(20(24)22-14-13-17-9-5-3-6-10-17)23-21(25)26-15-18-11-7-4-8-12-18/h3-12,16,19H,13-15H2,1-2H3,(H,22,24)(H,23,25). The molecule has 5 heteroatoms. The molecule has 0 aliphatic rings. The molecule has 0 fully saturated rings. The third-order valence-electron chi connectivity index (χ3n) is 3.99. The van der Waals surface area contributed by atoms with Crippen LogP contribution in [0.1, 0.15) is 25.0 Å². The van der Waals surface area contributed by atoms with Gasteiger partial charge in [0.1, 0.15) is 12.6 Å². The van der Waals surface area contributed by atoms with Gasteiger partial charge >= 0.3 is 6.09 Å². The lowest BCUT2D eigenvalue weighted by Gasteiger charge is -2.21. The molecule has 0 saturated heterocycles. The van der Waals surface area contributed by atoms with Crippen molar-refractivity contribution in [3.05, 3.63) is 71.8 Å². The Morgan fingerprint density at radius 1 is 0.923 bits per heavy atom. The van der Waals surface area contributed by atoms with Crippen LogP contribution in [-0.2, 0) is 22.6 Å². The zero-order chi connectivity index (χ0) is 18.8. The molecule has 0 aromatic heterocycles. The number of amides is 2. The summed E-state index contributed by atoms with van der Waals surface area (Å²) < 4.78 is 5.20. The van der Waals surface area contributed by atoms with Gasteiger partial charge in [0.05, 0.1) is 0 Å². The minimum absolute atomic E-state index is 0.0454. The maximum absolute atomic E-state index is 12.4. The summed E-state index contributed by atoms with van der Waals surface area (Å²) in [4.78, 5) is 24.4. The number of rotatable bonds is 8. The average molecular weight is 354 g/mol. The Morgan fingerprint density at radius 2 is 1.50 bits per heavy atom. The Morgan fingerprint density at radius 3 is 2.08 bits per heavy atom. The van der Waals surface area contributed by atoms with Gasteiger partial charge in [-0.1, -0.05) is 74.5 Å². The van der Waals surface area contributed by atoms with Gasteiger partial charge in [0.25, 0.3) is 0 Å². The second kappa shape index (κ2) is 10.2. The monoisotopic (exact) mass is 354 g/mol. The van der Waals surface area contributed by atoms with Crippen LogP contribution < -0.4 is 10.6 Å². The number of benzene rings is 2. The van der Waals surface area contributed by atoms with E-state index >= 15 is 0 Å². The molecule has 2 aromatic carbocycles. The van der Waals surface area contributed by atoms with Crippen molar-refractivity contribution in [2.45, 2.75) is 32.9 Å². The Kier molecular flexibility index (Phi) is 7.68. The lowest BCUT2D eigenvalue weighted by Crippen LogP contribution is -2.50. The molecule has 0 bridgehead atoms. The Balaban J connectivity index is 1.79. The molecule has 2 rings (SSSR count). The summed E-state index contributed by atoms with van der Waals surface area (Å²) in [6, 6.07) is 18.7. The maximum atomic E-state index is 12.4. The molecule has 0 radical (unpaired) electrons. The molecule has 0 saturated carbocycles. The molecule has 1 unspecified atom stereocenters. The zero-order valence-corrected chi connectivity index (χ0v) is 15.3. The minimum Gasteiger partial charge on any atom is -0.445 e. The first-order chi connectivity index (χ1) is 12.6. The summed E-state index contributed by atoms with van der Waals surface area (Å²) in [5.74, 6) is -0.247. The van der Waals surface area contributed by atoms with E-state index in [0.717, 1.165) is 17.5 Å². The zero-order valence-electron chi connectivity index (χ0n) is 15.3. The van der Waals surface area contributed by atoms with Gasteiger partial charge in [-0.3, -0.25) is 4.79 Å². The topological polar surface area (TPSA) is 67.4 Å². The second-order valence-electron chi connectivity index (χ2n) is 6.45. The molecule has 5 nitrogen and oxygen atoms in total. The number of hydrogen-bond donors (Lipinski definition) is 2. The number of carbonyl (C=O) groups excluding carboxylic acids is 2. The fourth-order valence-corrected chi connectivity index (χ4v) is 2.51. The molecule has 1 atom stereocenters. The number of alkyl carbamates (subject to hydrolysis) is 1. The molecule has 2 amide bonds. The summed E-state index contributed by atoms with van der Waals surface area (Å²) in [5.41, 5.74) is 2.06. The summed E-state index contributed by atoms with van der Waals surface area (Å²) in [6.45, 7) is 4.47. The van der Waals surface area contributed by atoms with Gasteiger partial charge in [-0.15, -0.1) is 0 Å². The van der Waals surface area contributed by atoms with Crippen molar-refractivity contribution in [3.8, 4) is 0 Å². The Bertz CT molecular complexity index is 687. The summed E-state index contributed by atoms with van der Waals surface area (Å²) in [6.07, 6.45) is 0.154. The van der Waals surface area contributed by atoms with E-state index in [0.29, 0.717) is 6.54 Å². The van der Waals surface area contributed by atoms with E-state index in [1.807, 2.05) is 74.5 Å². The molecule has 0 spiro atoms. The number of nitrogens with one attached hydrogen (secondary N) is 2. The van der Waals surface area contributed by atoms with Crippen molar-refractivity contribution in [1.82, 2.24) is 10.6 Å². The van der Waals surface area contributed by atoms with Crippen LogP contribution in [0, 0.1) is 5.92 Å². The van der Waals surface area contributed by atoms with Crippen LogP contribution in [-0.4, -0.2) is 24.6 Å². The van der Waals surface area contributed by atoms with Crippen molar-refractivity contribution < 1.29 is 14.3 Å². The summed E-state index contributed by atoms with van der Waals surface area (Å²) in [7, 11) is 0. The van der Waals surface area contributed by atoms with E-state index in [1.54, 1.807) is 0 Å². The lowest BCUT2D eigenvalue weighted by molar-refractivity contribution is -0.124. The average Bonchev–Trinajstić information content (AvgIpc) is 2.65. The van der Waals surface area contributed by atoms with Crippen molar-refractivity contribution >= 4 is 12.0 Å². The van der Waals surface area contributed by atoms with E-state index in [-0.39, 0.29) is 18.4 Å². The highest BCUT2D eigenvalue weighted by atomic mass is 16.5. The normalized spacial score (nSPS) is 11.7. The highest BCUT2D eigenvalue weighted by Crippen LogP contribution is 2.05. The molecule has 26 heavy (non-hydrogen) atoms. The minimum atomic E-state index is -0.631. The third kappa shape index (κ3) is 6.59. The van der Waals surface area contributed by atoms with Gasteiger partial charge in [0.2, 0.25) is 5.91 Å². The van der Waals surface area contributed by atoms with Crippen molar-refractivity contribution in [2.24, 2.45) is 5.92 Å². The first-order valence-electron chi connectivity index (χ1n) is 8.85. The van der Waals surface area contributed by atoms with Gasteiger partial charge in [-0.05, 0) is 23.5 Å². The maximum Gasteiger partial charge on any atom is 0.408 e. The van der Waals surface area contributed by atoms with Crippen LogP contribution in [0.25, 0.3) is 0 Å². The molecule has 2 aromatic rings. The van der Waals surface area contributed by atoms with Crippen LogP contribution in [0.4, 0.5) is 4.79 Å². The van der Waals surface area contributed by atoms with Crippen LogP contribution in [0.5, 0.6) is 0 Å². The number of ether oxygens (including phenoxy) is 1. The first kappa shape index (κ1) is 19.5. The Labute approximate surface area is 154 Å². The summed E-state index contributed by atoms with van der Waals surface area (Å²) in [5, 5.41) is 5.54. The fraction of sp³-hybridized carbons (Fsp3) is 0.333. The van der Waals surface area contributed by atoms with Crippen molar-refractivity contribution in [1.29, 1.82) is 0 Å². The van der Waals surface area contributed by atoms with Gasteiger partial charge in [-0.2, -0.15) is 0 Å². The van der Waals surface area contributed by atoms with Gasteiger partial charge in [0.15, 0.2) is 0 Å². The summed E-state index contributed by atoms with van der Waals surface area (Å²) >= 11 is 0. The van der Waals surface area contributed by atoms with E-state index in [4.69, 9.17) is 4.74 Å². The predicted octanol–water partition coefficient (Wildman–Crippen LogP) is 3.30. The smallest absolute Gasteiger partial charge is 0.408 e. The third-order valence-corrected chi connectivity index (χ3v) is 3.99. The van der Waals surface area contributed by atoms with Crippen LogP contribution >= 0.6 is 0 Å². The Hall–Kier alpha value is -2.82. The molecule has 0 heterocycles. The second-order valence-corrected chi connectivity index (χ2v) is 6.45. The van der Waals surface area contributed by atoms with Gasteiger partial charge < -0.3 is 15.4 Å². The van der Waals surface area contributed by atoms with Crippen LogP contribution in [0.2, 0.25) is 0 Å². The van der Waals surface area contributed by atoms with E-state index in [2.05, 4.69) is 10.6 Å².